The fraction of sp³-hybridized carbons (Fsp3) is 0.308. The summed E-state index contributed by atoms with van der Waals surface area (Å²) < 4.78 is 0. The molecule has 0 aromatic carbocycles. The molecule has 0 unspecified atom stereocenters. The molecule has 6 nitrogen and oxygen atoms in total. The molecule has 0 spiro atoms. The van der Waals surface area contributed by atoms with Crippen molar-refractivity contribution in [3.63, 3.8) is 0 Å². The summed E-state index contributed by atoms with van der Waals surface area (Å²) in [4.78, 5) is 23.0. The van der Waals surface area contributed by atoms with Crippen LogP contribution in [0.2, 0.25) is 0 Å². The summed E-state index contributed by atoms with van der Waals surface area (Å²) in [5.74, 6) is 0.779. The number of aromatic nitrogens is 3. The maximum absolute atomic E-state index is 11.8. The van der Waals surface area contributed by atoms with E-state index < -0.39 is 0 Å². The van der Waals surface area contributed by atoms with E-state index >= 15 is 0 Å². The van der Waals surface area contributed by atoms with E-state index in [9.17, 15) is 4.79 Å². The van der Waals surface area contributed by atoms with E-state index in [1.54, 1.807) is 31.7 Å². The van der Waals surface area contributed by atoms with Crippen molar-refractivity contribution >= 4 is 11.6 Å². The van der Waals surface area contributed by atoms with Gasteiger partial charge in [0.1, 0.15) is 11.5 Å². The highest BCUT2D eigenvalue weighted by Crippen LogP contribution is 2.06. The molecule has 0 aliphatic heterocycles. The van der Waals surface area contributed by atoms with Crippen LogP contribution in [-0.4, -0.2) is 34.5 Å². The summed E-state index contributed by atoms with van der Waals surface area (Å²) in [5.41, 5.74) is 1.29. The summed E-state index contributed by atoms with van der Waals surface area (Å²) in [5, 5.41) is 5.82. The third-order valence-corrected chi connectivity index (χ3v) is 2.71. The average molecular weight is 259 g/mol. The molecule has 0 aliphatic carbocycles. The Morgan fingerprint density at radius 2 is 2.26 bits per heavy atom. The SMILES string of the molecule is CNc1ccnc(C(=O)NCCCc2ncc[nH]2)c1. The Bertz CT molecular complexity index is 524. The van der Waals surface area contributed by atoms with Crippen LogP contribution in [0.5, 0.6) is 0 Å². The van der Waals surface area contributed by atoms with Crippen LogP contribution in [0.15, 0.2) is 30.7 Å². The normalized spacial score (nSPS) is 10.2. The lowest BCUT2D eigenvalue weighted by Gasteiger charge is -2.05. The molecule has 2 heterocycles. The molecule has 0 saturated heterocycles. The van der Waals surface area contributed by atoms with Crippen LogP contribution in [0, 0.1) is 0 Å². The summed E-state index contributed by atoms with van der Waals surface area (Å²) in [6, 6.07) is 3.54. The highest BCUT2D eigenvalue weighted by molar-refractivity contribution is 5.93. The van der Waals surface area contributed by atoms with Crippen molar-refractivity contribution in [2.75, 3.05) is 18.9 Å². The first-order valence-corrected chi connectivity index (χ1v) is 6.20. The van der Waals surface area contributed by atoms with E-state index in [1.807, 2.05) is 6.07 Å². The largest absolute Gasteiger partial charge is 0.388 e. The molecule has 0 fully saturated rings. The second kappa shape index (κ2) is 6.53. The summed E-state index contributed by atoms with van der Waals surface area (Å²) in [7, 11) is 1.81. The third-order valence-electron chi connectivity index (χ3n) is 2.71. The van der Waals surface area contributed by atoms with Crippen molar-refractivity contribution < 1.29 is 4.79 Å². The zero-order valence-corrected chi connectivity index (χ0v) is 10.8. The Kier molecular flexibility index (Phi) is 4.49. The second-order valence-corrected chi connectivity index (χ2v) is 4.08. The molecule has 6 heteroatoms. The van der Waals surface area contributed by atoms with Gasteiger partial charge in [-0.25, -0.2) is 4.98 Å². The second-order valence-electron chi connectivity index (χ2n) is 4.08. The summed E-state index contributed by atoms with van der Waals surface area (Å²) in [6.45, 7) is 0.602. The zero-order chi connectivity index (χ0) is 13.5. The van der Waals surface area contributed by atoms with Crippen LogP contribution in [0.25, 0.3) is 0 Å². The average Bonchev–Trinajstić information content (AvgIpc) is 2.96. The minimum Gasteiger partial charge on any atom is -0.388 e. The van der Waals surface area contributed by atoms with Crippen molar-refractivity contribution in [1.82, 2.24) is 20.3 Å². The van der Waals surface area contributed by atoms with E-state index in [-0.39, 0.29) is 5.91 Å². The topological polar surface area (TPSA) is 82.7 Å². The Hall–Kier alpha value is -2.37. The number of anilines is 1. The fourth-order valence-electron chi connectivity index (χ4n) is 1.69. The standard InChI is InChI=1S/C13H17N5O/c1-14-10-4-6-15-11(9-10)13(19)18-5-2-3-12-16-7-8-17-12/h4,6-9H,2-3,5H2,1H3,(H,14,15)(H,16,17)(H,18,19). The lowest BCUT2D eigenvalue weighted by atomic mass is 10.2. The van der Waals surface area contributed by atoms with E-state index in [2.05, 4.69) is 25.6 Å². The number of aryl methyl sites for hydroxylation is 1. The van der Waals surface area contributed by atoms with Gasteiger partial charge < -0.3 is 15.6 Å². The molecule has 1 amide bonds. The summed E-state index contributed by atoms with van der Waals surface area (Å²) in [6.07, 6.45) is 6.79. The van der Waals surface area contributed by atoms with Crippen LogP contribution in [0.4, 0.5) is 5.69 Å². The van der Waals surface area contributed by atoms with Crippen molar-refractivity contribution in [3.05, 3.63) is 42.2 Å². The van der Waals surface area contributed by atoms with Gasteiger partial charge in [-0.15, -0.1) is 0 Å². The van der Waals surface area contributed by atoms with E-state index in [4.69, 9.17) is 0 Å². The van der Waals surface area contributed by atoms with Gasteiger partial charge in [0.05, 0.1) is 0 Å². The van der Waals surface area contributed by atoms with Crippen molar-refractivity contribution in [2.24, 2.45) is 0 Å². The molecule has 100 valence electrons. The molecule has 0 radical (unpaired) electrons. The highest BCUT2D eigenvalue weighted by Gasteiger charge is 2.06. The predicted molar refractivity (Wildman–Crippen MR) is 73.0 cm³/mol. The number of nitrogens with one attached hydrogen (secondary N) is 3. The molecule has 0 atom stereocenters. The number of pyridine rings is 1. The Morgan fingerprint density at radius 1 is 1.37 bits per heavy atom. The van der Waals surface area contributed by atoms with Gasteiger partial charge in [0, 0.05) is 44.3 Å². The van der Waals surface area contributed by atoms with Crippen molar-refractivity contribution in [1.29, 1.82) is 0 Å². The maximum atomic E-state index is 11.8. The fourth-order valence-corrected chi connectivity index (χ4v) is 1.69. The molecule has 2 rings (SSSR count). The number of nitrogens with zero attached hydrogens (tertiary/aromatic N) is 2. The van der Waals surface area contributed by atoms with Crippen LogP contribution in [-0.2, 0) is 6.42 Å². The number of carbonyl (C=O) groups excluding carboxylic acids is 1. The number of aromatic amines is 1. The summed E-state index contributed by atoms with van der Waals surface area (Å²) >= 11 is 0. The Morgan fingerprint density at radius 3 is 3.00 bits per heavy atom. The van der Waals surface area contributed by atoms with Crippen LogP contribution in [0.3, 0.4) is 0 Å². The zero-order valence-electron chi connectivity index (χ0n) is 10.8. The lowest BCUT2D eigenvalue weighted by molar-refractivity contribution is 0.0948. The number of carbonyl (C=O) groups is 1. The van der Waals surface area contributed by atoms with Crippen LogP contribution < -0.4 is 10.6 Å². The first-order valence-electron chi connectivity index (χ1n) is 6.20. The molecule has 0 bridgehead atoms. The molecule has 2 aromatic heterocycles. The molecular weight excluding hydrogens is 242 g/mol. The van der Waals surface area contributed by atoms with Crippen LogP contribution in [0.1, 0.15) is 22.7 Å². The molecule has 3 N–H and O–H groups in total. The third kappa shape index (κ3) is 3.80. The van der Waals surface area contributed by atoms with Gasteiger partial charge in [-0.05, 0) is 18.6 Å². The van der Waals surface area contributed by atoms with Crippen molar-refractivity contribution in [3.8, 4) is 0 Å². The number of H-pyrrole nitrogens is 1. The molecule has 0 saturated carbocycles. The Balaban J connectivity index is 1.77. The smallest absolute Gasteiger partial charge is 0.269 e. The number of rotatable bonds is 6. The van der Waals surface area contributed by atoms with Gasteiger partial charge in [0.15, 0.2) is 0 Å². The quantitative estimate of drug-likeness (QED) is 0.681. The number of amides is 1. The predicted octanol–water partition coefficient (Wildman–Crippen LogP) is 1.21. The molecular formula is C13H17N5O. The number of hydrogen-bond donors (Lipinski definition) is 3. The monoisotopic (exact) mass is 259 g/mol. The molecule has 2 aromatic rings. The van der Waals surface area contributed by atoms with Gasteiger partial charge in [-0.3, -0.25) is 9.78 Å². The van der Waals surface area contributed by atoms with E-state index in [0.29, 0.717) is 12.2 Å². The lowest BCUT2D eigenvalue weighted by Crippen LogP contribution is -2.25. The first-order chi connectivity index (χ1) is 9.29. The van der Waals surface area contributed by atoms with Gasteiger partial charge in [-0.2, -0.15) is 0 Å². The van der Waals surface area contributed by atoms with Gasteiger partial charge in [0.25, 0.3) is 5.91 Å². The van der Waals surface area contributed by atoms with Gasteiger partial charge >= 0.3 is 0 Å². The van der Waals surface area contributed by atoms with Crippen molar-refractivity contribution in [2.45, 2.75) is 12.8 Å². The number of imidazole rings is 1. The van der Waals surface area contributed by atoms with Gasteiger partial charge in [-0.1, -0.05) is 0 Å². The van der Waals surface area contributed by atoms with E-state index in [0.717, 1.165) is 24.4 Å². The van der Waals surface area contributed by atoms with E-state index in [1.165, 1.54) is 0 Å². The highest BCUT2D eigenvalue weighted by atomic mass is 16.1. The molecule has 0 aliphatic rings. The minimum absolute atomic E-state index is 0.156. The van der Waals surface area contributed by atoms with Crippen LogP contribution >= 0.6 is 0 Å². The minimum atomic E-state index is -0.156. The maximum Gasteiger partial charge on any atom is 0.269 e. The first kappa shape index (κ1) is 13.1. The van der Waals surface area contributed by atoms with Gasteiger partial charge in [0.2, 0.25) is 0 Å². The molecule has 19 heavy (non-hydrogen) atoms. The number of hydrogen-bond acceptors (Lipinski definition) is 4. The Labute approximate surface area is 111 Å².